The van der Waals surface area contributed by atoms with E-state index in [0.717, 1.165) is 25.1 Å². The first-order valence-corrected chi connectivity index (χ1v) is 8.06. The van der Waals surface area contributed by atoms with E-state index in [9.17, 15) is 9.50 Å². The highest BCUT2D eigenvalue weighted by atomic mass is 19.1. The summed E-state index contributed by atoms with van der Waals surface area (Å²) < 4.78 is 18.9. The molecule has 0 saturated heterocycles. The fraction of sp³-hybridized carbons (Fsp3) is 0.562. The monoisotopic (exact) mass is 318 g/mol. The largest absolute Gasteiger partial charge is 0.393 e. The lowest BCUT2D eigenvalue weighted by molar-refractivity contribution is 0.137. The summed E-state index contributed by atoms with van der Waals surface area (Å²) >= 11 is 0. The lowest BCUT2D eigenvalue weighted by Crippen LogP contribution is -2.22. The number of anilines is 1. The Hall–Kier alpha value is -2.02. The summed E-state index contributed by atoms with van der Waals surface area (Å²) in [7, 11) is 0. The van der Waals surface area contributed by atoms with Gasteiger partial charge in [-0.25, -0.2) is 9.37 Å². The highest BCUT2D eigenvalue weighted by Gasteiger charge is 2.38. The number of hydrogen-bond acceptors (Lipinski definition) is 6. The Morgan fingerprint density at radius 2 is 2.17 bits per heavy atom. The Morgan fingerprint density at radius 3 is 2.96 bits per heavy atom. The van der Waals surface area contributed by atoms with Crippen molar-refractivity contribution in [2.75, 3.05) is 11.9 Å². The van der Waals surface area contributed by atoms with Gasteiger partial charge in [-0.2, -0.15) is 4.98 Å². The van der Waals surface area contributed by atoms with Crippen molar-refractivity contribution in [3.63, 3.8) is 0 Å². The van der Waals surface area contributed by atoms with E-state index < -0.39 is 6.10 Å². The maximum absolute atomic E-state index is 13.6. The number of aliphatic hydroxyl groups excluding tert-OH is 1. The van der Waals surface area contributed by atoms with Crippen LogP contribution < -0.4 is 5.32 Å². The number of aliphatic hydroxyl groups is 1. The zero-order valence-corrected chi connectivity index (χ0v) is 12.7. The number of pyridine rings is 1. The molecule has 122 valence electrons. The highest BCUT2D eigenvalue weighted by molar-refractivity contribution is 5.35. The molecule has 2 saturated carbocycles. The summed E-state index contributed by atoms with van der Waals surface area (Å²) in [5.74, 6) is 1.80. The highest BCUT2D eigenvalue weighted by Crippen LogP contribution is 2.41. The van der Waals surface area contributed by atoms with E-state index in [-0.39, 0.29) is 23.5 Å². The Bertz CT molecular complexity index is 688. The molecule has 0 amide bonds. The van der Waals surface area contributed by atoms with Crippen molar-refractivity contribution < 1.29 is 14.0 Å². The molecule has 0 bridgehead atoms. The van der Waals surface area contributed by atoms with Gasteiger partial charge in [0.1, 0.15) is 0 Å². The predicted octanol–water partition coefficient (Wildman–Crippen LogP) is 2.45. The molecule has 2 aromatic heterocycles. The molecule has 7 heteroatoms. The average molecular weight is 318 g/mol. The van der Waals surface area contributed by atoms with Crippen molar-refractivity contribution in [3.8, 4) is 0 Å². The minimum atomic E-state index is -0.462. The van der Waals surface area contributed by atoms with Crippen molar-refractivity contribution in [3.05, 3.63) is 35.9 Å². The lowest BCUT2D eigenvalue weighted by Gasteiger charge is -2.15. The molecular weight excluding hydrogens is 299 g/mol. The fourth-order valence-corrected chi connectivity index (χ4v) is 3.19. The van der Waals surface area contributed by atoms with Gasteiger partial charge in [0.25, 0.3) is 0 Å². The van der Waals surface area contributed by atoms with Crippen LogP contribution in [0.25, 0.3) is 0 Å². The van der Waals surface area contributed by atoms with Crippen LogP contribution in [0.1, 0.15) is 49.2 Å². The number of nitrogens with one attached hydrogen (secondary N) is 1. The molecule has 23 heavy (non-hydrogen) atoms. The van der Waals surface area contributed by atoms with Gasteiger partial charge in [-0.3, -0.25) is 0 Å². The third-order valence-corrected chi connectivity index (χ3v) is 4.70. The van der Waals surface area contributed by atoms with Crippen molar-refractivity contribution in [1.82, 2.24) is 15.1 Å². The van der Waals surface area contributed by atoms with Crippen LogP contribution >= 0.6 is 0 Å². The first-order chi connectivity index (χ1) is 11.2. The summed E-state index contributed by atoms with van der Waals surface area (Å²) in [6.07, 6.45) is 4.69. The molecule has 0 aliphatic heterocycles. The molecule has 3 atom stereocenters. The van der Waals surface area contributed by atoms with Gasteiger partial charge < -0.3 is 14.9 Å². The zero-order valence-electron chi connectivity index (χ0n) is 12.7. The van der Waals surface area contributed by atoms with E-state index in [1.807, 2.05) is 0 Å². The molecule has 0 spiro atoms. The molecule has 2 heterocycles. The minimum absolute atomic E-state index is 0.0117. The van der Waals surface area contributed by atoms with E-state index in [4.69, 9.17) is 4.52 Å². The summed E-state index contributed by atoms with van der Waals surface area (Å²) in [6.45, 7) is 0.467. The van der Waals surface area contributed by atoms with Gasteiger partial charge in [0.2, 0.25) is 5.89 Å². The van der Waals surface area contributed by atoms with Gasteiger partial charge in [-0.1, -0.05) is 5.16 Å². The van der Waals surface area contributed by atoms with Gasteiger partial charge >= 0.3 is 0 Å². The van der Waals surface area contributed by atoms with E-state index in [1.165, 1.54) is 12.3 Å². The van der Waals surface area contributed by atoms with Crippen LogP contribution in [0, 0.1) is 11.7 Å². The third kappa shape index (κ3) is 3.06. The van der Waals surface area contributed by atoms with Crippen LogP contribution in [0.15, 0.2) is 22.9 Å². The molecular formula is C16H19FN4O2. The van der Waals surface area contributed by atoms with Gasteiger partial charge in [0, 0.05) is 30.5 Å². The average Bonchev–Trinajstić information content (AvgIpc) is 3.16. The summed E-state index contributed by atoms with van der Waals surface area (Å²) in [5, 5.41) is 17.3. The molecule has 0 aromatic carbocycles. The van der Waals surface area contributed by atoms with Crippen molar-refractivity contribution in [1.29, 1.82) is 0 Å². The van der Waals surface area contributed by atoms with Gasteiger partial charge in [0.15, 0.2) is 17.5 Å². The number of nitrogens with zero attached hydrogens (tertiary/aromatic N) is 3. The normalized spacial score (nSPS) is 27.3. The Balaban J connectivity index is 1.37. The SMILES string of the molecule is O[C@@H]1C[C@@H](c2nc(C3CC3)no2)C[C@@H]1CNc1ncccc1F. The standard InChI is InChI=1S/C16H19FN4O2/c17-12-2-1-5-18-15(12)19-8-11-6-10(7-13(11)22)16-20-14(21-23-16)9-3-4-9/h1-2,5,9-11,13,22H,3-4,6-8H2,(H,18,19)/t10-,11+,13+/m0/s1. The van der Waals surface area contributed by atoms with E-state index in [2.05, 4.69) is 20.4 Å². The number of halogens is 1. The Morgan fingerprint density at radius 1 is 1.30 bits per heavy atom. The second kappa shape index (κ2) is 5.88. The minimum Gasteiger partial charge on any atom is -0.393 e. The number of hydrogen-bond donors (Lipinski definition) is 2. The molecule has 2 aliphatic carbocycles. The Kier molecular flexibility index (Phi) is 3.72. The Labute approximate surface area is 133 Å². The van der Waals surface area contributed by atoms with Crippen LogP contribution in [0.3, 0.4) is 0 Å². The van der Waals surface area contributed by atoms with Crippen molar-refractivity contribution in [2.24, 2.45) is 5.92 Å². The smallest absolute Gasteiger partial charge is 0.229 e. The van der Waals surface area contributed by atoms with Crippen LogP contribution in [-0.4, -0.2) is 32.9 Å². The summed E-state index contributed by atoms with van der Waals surface area (Å²) in [6, 6.07) is 2.91. The van der Waals surface area contributed by atoms with Crippen LogP contribution in [0.2, 0.25) is 0 Å². The molecule has 2 aliphatic rings. The van der Waals surface area contributed by atoms with E-state index in [1.54, 1.807) is 6.07 Å². The second-order valence-electron chi connectivity index (χ2n) is 6.48. The summed E-state index contributed by atoms with van der Waals surface area (Å²) in [4.78, 5) is 8.44. The maximum Gasteiger partial charge on any atom is 0.229 e. The van der Waals surface area contributed by atoms with Crippen LogP contribution in [0.4, 0.5) is 10.2 Å². The molecule has 2 fully saturated rings. The third-order valence-electron chi connectivity index (χ3n) is 4.70. The molecule has 2 N–H and O–H groups in total. The first kappa shape index (κ1) is 14.6. The fourth-order valence-electron chi connectivity index (χ4n) is 3.19. The topological polar surface area (TPSA) is 84.1 Å². The second-order valence-corrected chi connectivity index (χ2v) is 6.48. The van der Waals surface area contributed by atoms with E-state index in [0.29, 0.717) is 24.8 Å². The molecule has 6 nitrogen and oxygen atoms in total. The summed E-state index contributed by atoms with van der Waals surface area (Å²) in [5.41, 5.74) is 0. The van der Waals surface area contributed by atoms with E-state index >= 15 is 0 Å². The first-order valence-electron chi connectivity index (χ1n) is 8.06. The predicted molar refractivity (Wildman–Crippen MR) is 80.4 cm³/mol. The van der Waals surface area contributed by atoms with Crippen LogP contribution in [-0.2, 0) is 0 Å². The molecule has 2 aromatic rings. The molecule has 0 radical (unpaired) electrons. The van der Waals surface area contributed by atoms with Crippen LogP contribution in [0.5, 0.6) is 0 Å². The van der Waals surface area contributed by atoms with Gasteiger partial charge in [0.05, 0.1) is 6.10 Å². The number of rotatable bonds is 5. The molecule has 0 unspecified atom stereocenters. The van der Waals surface area contributed by atoms with Gasteiger partial charge in [-0.15, -0.1) is 0 Å². The van der Waals surface area contributed by atoms with Gasteiger partial charge in [-0.05, 0) is 37.8 Å². The number of aromatic nitrogens is 3. The van der Waals surface area contributed by atoms with Crippen molar-refractivity contribution in [2.45, 2.75) is 43.6 Å². The van der Waals surface area contributed by atoms with Crippen molar-refractivity contribution >= 4 is 5.82 Å². The quantitative estimate of drug-likeness (QED) is 0.881. The lowest BCUT2D eigenvalue weighted by atomic mass is 10.0. The molecule has 4 rings (SSSR count). The zero-order chi connectivity index (χ0) is 15.8. The maximum atomic E-state index is 13.6.